The fourth-order valence-electron chi connectivity index (χ4n) is 1.90. The van der Waals surface area contributed by atoms with Crippen LogP contribution in [0, 0.1) is 5.92 Å². The highest BCUT2D eigenvalue weighted by Gasteiger charge is 2.31. The molecule has 0 spiro atoms. The van der Waals surface area contributed by atoms with Crippen molar-refractivity contribution in [3.63, 3.8) is 0 Å². The van der Waals surface area contributed by atoms with Crippen molar-refractivity contribution in [2.24, 2.45) is 11.7 Å². The second-order valence-corrected chi connectivity index (χ2v) is 4.06. The van der Waals surface area contributed by atoms with Crippen molar-refractivity contribution in [2.75, 3.05) is 18.4 Å². The van der Waals surface area contributed by atoms with Gasteiger partial charge in [0.1, 0.15) is 0 Å². The molecule has 2 rings (SSSR count). The minimum Gasteiger partial charge on any atom is -0.384 e. The Kier molecular flexibility index (Phi) is 2.80. The van der Waals surface area contributed by atoms with Crippen LogP contribution in [-0.2, 0) is 12.6 Å². The summed E-state index contributed by atoms with van der Waals surface area (Å²) in [4.78, 5) is 0. The summed E-state index contributed by atoms with van der Waals surface area (Å²) in [6.07, 6.45) is -3.53. The van der Waals surface area contributed by atoms with E-state index in [0.717, 1.165) is 18.1 Å². The third-order valence-electron chi connectivity index (χ3n) is 2.86. The summed E-state index contributed by atoms with van der Waals surface area (Å²) >= 11 is 0. The Morgan fingerprint density at radius 1 is 1.38 bits per heavy atom. The Hall–Kier alpha value is -1.23. The van der Waals surface area contributed by atoms with E-state index >= 15 is 0 Å². The second-order valence-electron chi connectivity index (χ2n) is 4.06. The van der Waals surface area contributed by atoms with Crippen LogP contribution in [0.4, 0.5) is 18.9 Å². The van der Waals surface area contributed by atoms with Crippen LogP contribution < -0.4 is 11.1 Å². The molecule has 0 aromatic heterocycles. The molecule has 2 nitrogen and oxygen atoms in total. The van der Waals surface area contributed by atoms with Crippen molar-refractivity contribution in [1.29, 1.82) is 0 Å². The van der Waals surface area contributed by atoms with E-state index in [1.807, 2.05) is 0 Å². The summed E-state index contributed by atoms with van der Waals surface area (Å²) in [5.74, 6) is 0.309. The molecule has 0 aliphatic carbocycles. The molecule has 1 unspecified atom stereocenters. The number of alkyl halides is 3. The maximum absolute atomic E-state index is 12.5. The number of anilines is 1. The Balaban J connectivity index is 2.28. The van der Waals surface area contributed by atoms with E-state index in [-0.39, 0.29) is 0 Å². The van der Waals surface area contributed by atoms with Crippen LogP contribution >= 0.6 is 0 Å². The predicted octanol–water partition coefficient (Wildman–Crippen LogP) is 2.25. The lowest BCUT2D eigenvalue weighted by atomic mass is 9.93. The van der Waals surface area contributed by atoms with Gasteiger partial charge in [0, 0.05) is 12.2 Å². The van der Waals surface area contributed by atoms with Gasteiger partial charge in [-0.15, -0.1) is 0 Å². The van der Waals surface area contributed by atoms with Gasteiger partial charge in [0.05, 0.1) is 5.56 Å². The fourth-order valence-corrected chi connectivity index (χ4v) is 1.90. The van der Waals surface area contributed by atoms with Crippen molar-refractivity contribution in [2.45, 2.75) is 12.6 Å². The molecule has 0 radical (unpaired) electrons. The molecular weight excluding hydrogens is 217 g/mol. The molecule has 88 valence electrons. The smallest absolute Gasteiger partial charge is 0.384 e. The topological polar surface area (TPSA) is 38.0 Å². The Morgan fingerprint density at radius 2 is 2.12 bits per heavy atom. The summed E-state index contributed by atoms with van der Waals surface area (Å²) in [6, 6.07) is 3.83. The number of benzene rings is 1. The molecule has 1 aliphatic rings. The summed E-state index contributed by atoms with van der Waals surface area (Å²) < 4.78 is 37.4. The van der Waals surface area contributed by atoms with E-state index in [4.69, 9.17) is 5.73 Å². The molecule has 1 heterocycles. The standard InChI is InChI=1S/C11H13F3N2/c12-11(13,14)9-2-1-8-3-7(5-15)6-16-10(8)4-9/h1-2,4,7,16H,3,5-6,15H2. The summed E-state index contributed by atoms with van der Waals surface area (Å²) in [5, 5.41) is 3.00. The molecule has 0 fully saturated rings. The molecule has 1 atom stereocenters. The van der Waals surface area contributed by atoms with Crippen LogP contribution in [0.3, 0.4) is 0 Å². The predicted molar refractivity (Wildman–Crippen MR) is 56.2 cm³/mol. The van der Waals surface area contributed by atoms with Crippen molar-refractivity contribution < 1.29 is 13.2 Å². The lowest BCUT2D eigenvalue weighted by Gasteiger charge is -2.25. The number of halogens is 3. The van der Waals surface area contributed by atoms with Crippen LogP contribution in [-0.4, -0.2) is 13.1 Å². The van der Waals surface area contributed by atoms with Crippen LogP contribution in [0.1, 0.15) is 11.1 Å². The zero-order chi connectivity index (χ0) is 11.8. The van der Waals surface area contributed by atoms with Gasteiger partial charge in [0.2, 0.25) is 0 Å². The third-order valence-corrected chi connectivity index (χ3v) is 2.86. The zero-order valence-corrected chi connectivity index (χ0v) is 8.64. The molecule has 0 saturated carbocycles. The average Bonchev–Trinajstić information content (AvgIpc) is 2.26. The van der Waals surface area contributed by atoms with Crippen molar-refractivity contribution in [3.05, 3.63) is 29.3 Å². The van der Waals surface area contributed by atoms with Crippen LogP contribution in [0.25, 0.3) is 0 Å². The van der Waals surface area contributed by atoms with E-state index in [0.29, 0.717) is 24.7 Å². The first-order valence-corrected chi connectivity index (χ1v) is 5.15. The molecule has 0 amide bonds. The molecular formula is C11H13F3N2. The molecule has 1 aromatic carbocycles. The van der Waals surface area contributed by atoms with Gasteiger partial charge < -0.3 is 11.1 Å². The Morgan fingerprint density at radius 3 is 2.75 bits per heavy atom. The monoisotopic (exact) mass is 230 g/mol. The van der Waals surface area contributed by atoms with Crippen LogP contribution in [0.2, 0.25) is 0 Å². The molecule has 5 heteroatoms. The molecule has 0 bridgehead atoms. The van der Waals surface area contributed by atoms with Gasteiger partial charge in [-0.05, 0) is 36.6 Å². The highest BCUT2D eigenvalue weighted by molar-refractivity contribution is 5.55. The fraction of sp³-hybridized carbons (Fsp3) is 0.455. The van der Waals surface area contributed by atoms with E-state index in [9.17, 15) is 13.2 Å². The van der Waals surface area contributed by atoms with Gasteiger partial charge in [-0.2, -0.15) is 13.2 Å². The number of fused-ring (bicyclic) bond motifs is 1. The maximum atomic E-state index is 12.5. The minimum atomic E-state index is -4.28. The zero-order valence-electron chi connectivity index (χ0n) is 8.64. The van der Waals surface area contributed by atoms with Gasteiger partial charge in [-0.1, -0.05) is 6.07 Å². The van der Waals surface area contributed by atoms with Crippen molar-refractivity contribution in [1.82, 2.24) is 0 Å². The van der Waals surface area contributed by atoms with E-state index in [1.165, 1.54) is 12.1 Å². The van der Waals surface area contributed by atoms with Crippen molar-refractivity contribution >= 4 is 5.69 Å². The molecule has 3 N–H and O–H groups in total. The summed E-state index contributed by atoms with van der Waals surface area (Å²) in [5.41, 5.74) is 6.43. The number of hydrogen-bond donors (Lipinski definition) is 2. The van der Waals surface area contributed by atoms with Gasteiger partial charge in [-0.25, -0.2) is 0 Å². The summed E-state index contributed by atoms with van der Waals surface area (Å²) in [6.45, 7) is 1.19. The Labute approximate surface area is 91.6 Å². The van der Waals surface area contributed by atoms with E-state index in [2.05, 4.69) is 5.32 Å². The van der Waals surface area contributed by atoms with Gasteiger partial charge >= 0.3 is 6.18 Å². The van der Waals surface area contributed by atoms with Crippen LogP contribution in [0.5, 0.6) is 0 Å². The maximum Gasteiger partial charge on any atom is 0.416 e. The third kappa shape index (κ3) is 2.14. The van der Waals surface area contributed by atoms with Gasteiger partial charge in [0.15, 0.2) is 0 Å². The lowest BCUT2D eigenvalue weighted by Crippen LogP contribution is -2.29. The summed E-state index contributed by atoms with van der Waals surface area (Å²) in [7, 11) is 0. The van der Waals surface area contributed by atoms with E-state index < -0.39 is 11.7 Å². The highest BCUT2D eigenvalue weighted by atomic mass is 19.4. The highest BCUT2D eigenvalue weighted by Crippen LogP contribution is 2.34. The first-order valence-electron chi connectivity index (χ1n) is 5.15. The van der Waals surface area contributed by atoms with Gasteiger partial charge in [0.25, 0.3) is 0 Å². The number of hydrogen-bond acceptors (Lipinski definition) is 2. The van der Waals surface area contributed by atoms with Crippen LogP contribution in [0.15, 0.2) is 18.2 Å². The number of rotatable bonds is 1. The molecule has 1 aliphatic heterocycles. The van der Waals surface area contributed by atoms with E-state index in [1.54, 1.807) is 0 Å². The van der Waals surface area contributed by atoms with Crippen molar-refractivity contribution in [3.8, 4) is 0 Å². The first kappa shape index (κ1) is 11.3. The molecule has 16 heavy (non-hydrogen) atoms. The first-order chi connectivity index (χ1) is 7.50. The average molecular weight is 230 g/mol. The molecule has 0 saturated heterocycles. The Bertz CT molecular complexity index is 387. The SMILES string of the molecule is NCC1CNc2cc(C(F)(F)F)ccc2C1. The quantitative estimate of drug-likeness (QED) is 0.776. The lowest BCUT2D eigenvalue weighted by molar-refractivity contribution is -0.137. The number of nitrogens with two attached hydrogens (primary N) is 1. The van der Waals surface area contributed by atoms with Gasteiger partial charge in [-0.3, -0.25) is 0 Å². The largest absolute Gasteiger partial charge is 0.416 e. The normalized spacial score (nSPS) is 20.1. The molecule has 1 aromatic rings. The minimum absolute atomic E-state index is 0.309. The number of nitrogens with one attached hydrogen (secondary N) is 1. The second kappa shape index (κ2) is 3.97.